The SMILES string of the molecule is CCCc1cccc(C)c1S(N)(=O)=O. The van der Waals surface area contributed by atoms with E-state index in [-0.39, 0.29) is 0 Å². The van der Waals surface area contributed by atoms with Gasteiger partial charge in [-0.05, 0) is 24.5 Å². The van der Waals surface area contributed by atoms with E-state index in [0.717, 1.165) is 24.0 Å². The van der Waals surface area contributed by atoms with E-state index in [1.54, 1.807) is 13.0 Å². The van der Waals surface area contributed by atoms with Crippen LogP contribution in [0.25, 0.3) is 0 Å². The van der Waals surface area contributed by atoms with Crippen molar-refractivity contribution in [2.24, 2.45) is 5.14 Å². The lowest BCUT2D eigenvalue weighted by molar-refractivity contribution is 0.595. The lowest BCUT2D eigenvalue weighted by atomic mass is 10.1. The summed E-state index contributed by atoms with van der Waals surface area (Å²) in [6.45, 7) is 3.77. The zero-order chi connectivity index (χ0) is 10.8. The Bertz CT molecular complexity index is 424. The Balaban J connectivity index is 3.37. The van der Waals surface area contributed by atoms with E-state index in [4.69, 9.17) is 5.14 Å². The van der Waals surface area contributed by atoms with Crippen LogP contribution in [0.2, 0.25) is 0 Å². The summed E-state index contributed by atoms with van der Waals surface area (Å²) < 4.78 is 22.7. The summed E-state index contributed by atoms with van der Waals surface area (Å²) in [6, 6.07) is 5.43. The number of hydrogen-bond acceptors (Lipinski definition) is 2. The van der Waals surface area contributed by atoms with Crippen molar-refractivity contribution < 1.29 is 8.42 Å². The molecule has 1 aromatic carbocycles. The van der Waals surface area contributed by atoms with E-state index in [9.17, 15) is 8.42 Å². The highest BCUT2D eigenvalue weighted by Gasteiger charge is 2.15. The number of hydrogen-bond donors (Lipinski definition) is 1. The molecule has 0 aliphatic carbocycles. The predicted octanol–water partition coefficient (Wildman–Crippen LogP) is 1.59. The molecule has 4 heteroatoms. The van der Waals surface area contributed by atoms with Crippen molar-refractivity contribution in [2.75, 3.05) is 0 Å². The van der Waals surface area contributed by atoms with Gasteiger partial charge in [0.1, 0.15) is 0 Å². The van der Waals surface area contributed by atoms with Gasteiger partial charge in [0.05, 0.1) is 4.90 Å². The minimum Gasteiger partial charge on any atom is -0.225 e. The second kappa shape index (κ2) is 4.11. The molecule has 0 amide bonds. The molecule has 0 aliphatic heterocycles. The summed E-state index contributed by atoms with van der Waals surface area (Å²) in [6.07, 6.45) is 1.65. The first-order chi connectivity index (χ1) is 6.46. The molecule has 78 valence electrons. The van der Waals surface area contributed by atoms with Gasteiger partial charge >= 0.3 is 0 Å². The second-order valence-electron chi connectivity index (χ2n) is 3.36. The number of benzene rings is 1. The van der Waals surface area contributed by atoms with Gasteiger partial charge in [-0.2, -0.15) is 0 Å². The molecule has 1 aromatic rings. The van der Waals surface area contributed by atoms with Gasteiger partial charge in [-0.25, -0.2) is 13.6 Å². The van der Waals surface area contributed by atoms with Crippen molar-refractivity contribution in [2.45, 2.75) is 31.6 Å². The number of nitrogens with two attached hydrogens (primary N) is 1. The molecule has 0 spiro atoms. The van der Waals surface area contributed by atoms with Crippen LogP contribution in [0.15, 0.2) is 23.1 Å². The van der Waals surface area contributed by atoms with Crippen molar-refractivity contribution in [1.82, 2.24) is 0 Å². The van der Waals surface area contributed by atoms with Gasteiger partial charge < -0.3 is 0 Å². The molecule has 2 N–H and O–H groups in total. The maximum Gasteiger partial charge on any atom is 0.238 e. The van der Waals surface area contributed by atoms with Crippen LogP contribution in [0.5, 0.6) is 0 Å². The van der Waals surface area contributed by atoms with Crippen LogP contribution in [-0.2, 0) is 16.4 Å². The zero-order valence-corrected chi connectivity index (χ0v) is 9.26. The van der Waals surface area contributed by atoms with E-state index in [2.05, 4.69) is 0 Å². The van der Waals surface area contributed by atoms with Crippen molar-refractivity contribution >= 4 is 10.0 Å². The fourth-order valence-electron chi connectivity index (χ4n) is 1.59. The van der Waals surface area contributed by atoms with Crippen molar-refractivity contribution in [3.8, 4) is 0 Å². The second-order valence-corrected chi connectivity index (χ2v) is 4.86. The van der Waals surface area contributed by atoms with Gasteiger partial charge in [-0.3, -0.25) is 0 Å². The van der Waals surface area contributed by atoms with E-state index >= 15 is 0 Å². The van der Waals surface area contributed by atoms with Crippen molar-refractivity contribution in [3.63, 3.8) is 0 Å². The van der Waals surface area contributed by atoms with Crippen LogP contribution in [0.4, 0.5) is 0 Å². The van der Waals surface area contributed by atoms with Crippen LogP contribution >= 0.6 is 0 Å². The summed E-state index contributed by atoms with van der Waals surface area (Å²) in [7, 11) is -3.59. The Labute approximate surface area is 85.0 Å². The Morgan fingerprint density at radius 1 is 1.36 bits per heavy atom. The molecule has 0 aromatic heterocycles. The lowest BCUT2D eigenvalue weighted by Crippen LogP contribution is -2.16. The normalized spacial score (nSPS) is 11.6. The van der Waals surface area contributed by atoms with Gasteiger partial charge in [-0.15, -0.1) is 0 Å². The topological polar surface area (TPSA) is 60.2 Å². The van der Waals surface area contributed by atoms with Crippen LogP contribution in [0.1, 0.15) is 24.5 Å². The van der Waals surface area contributed by atoms with Crippen LogP contribution in [0, 0.1) is 6.92 Å². The molecule has 0 heterocycles. The molecule has 0 atom stereocenters. The Morgan fingerprint density at radius 2 is 2.00 bits per heavy atom. The molecule has 14 heavy (non-hydrogen) atoms. The van der Waals surface area contributed by atoms with Crippen molar-refractivity contribution in [1.29, 1.82) is 0 Å². The molecule has 0 radical (unpaired) electrons. The zero-order valence-electron chi connectivity index (χ0n) is 8.45. The van der Waals surface area contributed by atoms with Crippen LogP contribution < -0.4 is 5.14 Å². The molecule has 1 rings (SSSR count). The first-order valence-electron chi connectivity index (χ1n) is 4.58. The smallest absolute Gasteiger partial charge is 0.225 e. The van der Waals surface area contributed by atoms with E-state index in [0.29, 0.717) is 4.90 Å². The molecule has 0 unspecified atom stereocenters. The monoisotopic (exact) mass is 213 g/mol. The third kappa shape index (κ3) is 2.33. The highest BCUT2D eigenvalue weighted by atomic mass is 32.2. The first kappa shape index (κ1) is 11.2. The Morgan fingerprint density at radius 3 is 2.50 bits per heavy atom. The van der Waals surface area contributed by atoms with Gasteiger partial charge in [0.2, 0.25) is 10.0 Å². The maximum atomic E-state index is 11.3. The average Bonchev–Trinajstić information content (AvgIpc) is 2.02. The molecular weight excluding hydrogens is 198 g/mol. The van der Waals surface area contributed by atoms with E-state index in [1.165, 1.54) is 0 Å². The minimum atomic E-state index is -3.59. The van der Waals surface area contributed by atoms with Gasteiger partial charge in [0.15, 0.2) is 0 Å². The Hall–Kier alpha value is -0.870. The first-order valence-corrected chi connectivity index (χ1v) is 6.12. The third-order valence-corrected chi connectivity index (χ3v) is 3.25. The number of sulfonamides is 1. The summed E-state index contributed by atoms with van der Waals surface area (Å²) in [4.78, 5) is 0.293. The van der Waals surface area contributed by atoms with Gasteiger partial charge in [0.25, 0.3) is 0 Å². The molecule has 0 saturated carbocycles. The largest absolute Gasteiger partial charge is 0.238 e. The number of aryl methyl sites for hydroxylation is 2. The van der Waals surface area contributed by atoms with E-state index < -0.39 is 10.0 Å². The molecule has 0 bridgehead atoms. The Kier molecular flexibility index (Phi) is 3.29. The number of rotatable bonds is 3. The number of primary sulfonamides is 1. The minimum absolute atomic E-state index is 0.293. The maximum absolute atomic E-state index is 11.3. The standard InChI is InChI=1S/C10H15NO2S/c1-3-5-9-7-4-6-8(2)10(9)14(11,12)13/h4,6-7H,3,5H2,1-2H3,(H2,11,12,13). The molecular formula is C10H15NO2S. The highest BCUT2D eigenvalue weighted by Crippen LogP contribution is 2.19. The van der Waals surface area contributed by atoms with Crippen LogP contribution in [0.3, 0.4) is 0 Å². The van der Waals surface area contributed by atoms with Gasteiger partial charge in [-0.1, -0.05) is 31.5 Å². The van der Waals surface area contributed by atoms with Crippen LogP contribution in [-0.4, -0.2) is 8.42 Å². The van der Waals surface area contributed by atoms with E-state index in [1.807, 2.05) is 19.1 Å². The average molecular weight is 213 g/mol. The molecule has 3 nitrogen and oxygen atoms in total. The highest BCUT2D eigenvalue weighted by molar-refractivity contribution is 7.89. The summed E-state index contributed by atoms with van der Waals surface area (Å²) >= 11 is 0. The van der Waals surface area contributed by atoms with Gasteiger partial charge in [0, 0.05) is 0 Å². The summed E-state index contributed by atoms with van der Waals surface area (Å²) in [5.41, 5.74) is 1.54. The summed E-state index contributed by atoms with van der Waals surface area (Å²) in [5, 5.41) is 5.16. The third-order valence-electron chi connectivity index (χ3n) is 2.10. The molecule has 0 aliphatic rings. The molecule has 0 fully saturated rings. The molecule has 0 saturated heterocycles. The predicted molar refractivity (Wildman–Crippen MR) is 56.5 cm³/mol. The fourth-order valence-corrected chi connectivity index (χ4v) is 2.64. The quantitative estimate of drug-likeness (QED) is 0.829. The lowest BCUT2D eigenvalue weighted by Gasteiger charge is -2.09. The van der Waals surface area contributed by atoms with Crippen molar-refractivity contribution in [3.05, 3.63) is 29.3 Å². The summed E-state index contributed by atoms with van der Waals surface area (Å²) in [5.74, 6) is 0. The fraction of sp³-hybridized carbons (Fsp3) is 0.400.